The Morgan fingerprint density at radius 3 is 2.90 bits per heavy atom. The molecule has 104 valence electrons. The van der Waals surface area contributed by atoms with Gasteiger partial charge in [-0.1, -0.05) is 13.8 Å². The SMILES string of the molecule is CC1(C)CNC(=O)c2cc3ccc(C(=O)O)nc3n2C1. The van der Waals surface area contributed by atoms with Gasteiger partial charge >= 0.3 is 5.97 Å². The summed E-state index contributed by atoms with van der Waals surface area (Å²) in [5.74, 6) is -1.22. The number of carbonyl (C=O) groups is 2. The quantitative estimate of drug-likeness (QED) is 0.824. The number of fused-ring (bicyclic) bond motifs is 3. The molecule has 1 aliphatic heterocycles. The Morgan fingerprint density at radius 2 is 2.20 bits per heavy atom. The molecule has 2 N–H and O–H groups in total. The van der Waals surface area contributed by atoms with Crippen molar-refractivity contribution < 1.29 is 14.7 Å². The molecule has 0 aromatic carbocycles. The predicted octanol–water partition coefficient (Wildman–Crippen LogP) is 1.50. The van der Waals surface area contributed by atoms with Crippen LogP contribution in [0, 0.1) is 5.41 Å². The molecule has 0 spiro atoms. The van der Waals surface area contributed by atoms with Gasteiger partial charge < -0.3 is 15.0 Å². The van der Waals surface area contributed by atoms with Crippen molar-refractivity contribution in [3.63, 3.8) is 0 Å². The van der Waals surface area contributed by atoms with Crippen LogP contribution in [-0.2, 0) is 6.54 Å². The highest BCUT2D eigenvalue weighted by atomic mass is 16.4. The van der Waals surface area contributed by atoms with Gasteiger partial charge in [0, 0.05) is 23.9 Å². The third-order valence-electron chi connectivity index (χ3n) is 3.51. The van der Waals surface area contributed by atoms with Gasteiger partial charge in [0.05, 0.1) is 0 Å². The number of hydrogen-bond acceptors (Lipinski definition) is 3. The minimum absolute atomic E-state index is 0.0131. The number of nitrogens with one attached hydrogen (secondary N) is 1. The van der Waals surface area contributed by atoms with E-state index in [1.807, 2.05) is 4.57 Å². The van der Waals surface area contributed by atoms with E-state index in [9.17, 15) is 9.59 Å². The van der Waals surface area contributed by atoms with E-state index in [1.165, 1.54) is 6.07 Å². The van der Waals surface area contributed by atoms with Gasteiger partial charge in [-0.25, -0.2) is 9.78 Å². The summed E-state index contributed by atoms with van der Waals surface area (Å²) in [6.45, 7) is 5.29. The highest BCUT2D eigenvalue weighted by Gasteiger charge is 2.29. The van der Waals surface area contributed by atoms with E-state index in [-0.39, 0.29) is 17.0 Å². The van der Waals surface area contributed by atoms with Crippen molar-refractivity contribution in [2.24, 2.45) is 5.41 Å². The highest BCUT2D eigenvalue weighted by molar-refractivity contribution is 5.99. The summed E-state index contributed by atoms with van der Waals surface area (Å²) in [5.41, 5.74) is 0.944. The normalized spacial score (nSPS) is 17.4. The molecule has 0 radical (unpaired) electrons. The molecule has 6 nitrogen and oxygen atoms in total. The maximum atomic E-state index is 12.1. The molecule has 0 saturated carbocycles. The lowest BCUT2D eigenvalue weighted by atomic mass is 9.94. The summed E-state index contributed by atoms with van der Waals surface area (Å²) >= 11 is 0. The van der Waals surface area contributed by atoms with Crippen LogP contribution < -0.4 is 5.32 Å². The fourth-order valence-corrected chi connectivity index (χ4v) is 2.49. The Morgan fingerprint density at radius 1 is 1.45 bits per heavy atom. The standard InChI is InChI=1S/C14H15N3O3/c1-14(2)6-15-12(18)10-5-8-3-4-9(13(19)20)16-11(8)17(10)7-14/h3-5H,6-7H2,1-2H3,(H,15,18)(H,19,20). The van der Waals surface area contributed by atoms with Gasteiger partial charge in [-0.3, -0.25) is 4.79 Å². The summed E-state index contributed by atoms with van der Waals surface area (Å²) in [5, 5.41) is 12.7. The number of aromatic carboxylic acids is 1. The van der Waals surface area contributed by atoms with E-state index < -0.39 is 5.97 Å². The van der Waals surface area contributed by atoms with Crippen molar-refractivity contribution >= 4 is 22.9 Å². The molecule has 2 aromatic heterocycles. The minimum atomic E-state index is -1.07. The zero-order valence-electron chi connectivity index (χ0n) is 11.3. The van der Waals surface area contributed by atoms with Crippen molar-refractivity contribution in [2.75, 3.05) is 6.54 Å². The van der Waals surface area contributed by atoms with Crippen LogP contribution in [-0.4, -0.2) is 33.1 Å². The number of carboxylic acid groups (broad SMARTS) is 1. The zero-order chi connectivity index (χ0) is 14.5. The molecule has 20 heavy (non-hydrogen) atoms. The molecule has 3 heterocycles. The first-order valence-corrected chi connectivity index (χ1v) is 6.39. The van der Waals surface area contributed by atoms with Crippen LogP contribution in [0.3, 0.4) is 0 Å². The molecule has 0 aliphatic carbocycles. The molecule has 0 bridgehead atoms. The highest BCUT2D eigenvalue weighted by Crippen LogP contribution is 2.27. The second-order valence-electron chi connectivity index (χ2n) is 5.88. The number of hydrogen-bond donors (Lipinski definition) is 2. The van der Waals surface area contributed by atoms with Crippen LogP contribution in [0.5, 0.6) is 0 Å². The maximum absolute atomic E-state index is 12.1. The van der Waals surface area contributed by atoms with E-state index in [2.05, 4.69) is 24.1 Å². The molecule has 2 aromatic rings. The molecular formula is C14H15N3O3. The second-order valence-corrected chi connectivity index (χ2v) is 5.88. The maximum Gasteiger partial charge on any atom is 0.354 e. The van der Waals surface area contributed by atoms with Crippen LogP contribution in [0.15, 0.2) is 18.2 Å². The summed E-state index contributed by atoms with van der Waals surface area (Å²) in [6, 6.07) is 4.89. The second kappa shape index (κ2) is 4.06. The van der Waals surface area contributed by atoms with Crippen molar-refractivity contribution in [3.05, 3.63) is 29.6 Å². The number of pyridine rings is 1. The van der Waals surface area contributed by atoms with Crippen molar-refractivity contribution in [1.29, 1.82) is 0 Å². The lowest BCUT2D eigenvalue weighted by Gasteiger charge is -2.22. The van der Waals surface area contributed by atoms with Gasteiger partial charge in [-0.05, 0) is 18.2 Å². The molecule has 3 rings (SSSR count). The number of aromatic nitrogens is 2. The topological polar surface area (TPSA) is 84.2 Å². The monoisotopic (exact) mass is 273 g/mol. The van der Waals surface area contributed by atoms with Crippen LogP contribution in [0.1, 0.15) is 34.8 Å². The lowest BCUT2D eigenvalue weighted by Crippen LogP contribution is -2.31. The Kier molecular flexibility index (Phi) is 2.57. The van der Waals surface area contributed by atoms with Gasteiger partial charge in [0.25, 0.3) is 5.91 Å². The van der Waals surface area contributed by atoms with Crippen molar-refractivity contribution in [1.82, 2.24) is 14.9 Å². The average Bonchev–Trinajstić information content (AvgIpc) is 2.68. The first-order chi connectivity index (χ1) is 9.37. The van der Waals surface area contributed by atoms with Gasteiger partial charge in [-0.15, -0.1) is 0 Å². The van der Waals surface area contributed by atoms with E-state index in [0.717, 1.165) is 5.39 Å². The molecule has 0 saturated heterocycles. The van der Waals surface area contributed by atoms with Crippen LogP contribution in [0.2, 0.25) is 0 Å². The molecule has 1 amide bonds. The fraction of sp³-hybridized carbons (Fsp3) is 0.357. The Labute approximate surface area is 115 Å². The Bertz CT molecular complexity index is 731. The van der Waals surface area contributed by atoms with E-state index in [4.69, 9.17) is 5.11 Å². The van der Waals surface area contributed by atoms with Crippen LogP contribution >= 0.6 is 0 Å². The van der Waals surface area contributed by atoms with E-state index in [1.54, 1.807) is 12.1 Å². The third-order valence-corrected chi connectivity index (χ3v) is 3.51. The summed E-state index contributed by atoms with van der Waals surface area (Å²) in [6.07, 6.45) is 0. The van der Waals surface area contributed by atoms with Gasteiger partial charge in [0.1, 0.15) is 11.3 Å². The Balaban J connectivity index is 2.26. The number of nitrogens with zero attached hydrogens (tertiary/aromatic N) is 2. The number of rotatable bonds is 1. The van der Waals surface area contributed by atoms with Crippen molar-refractivity contribution in [2.45, 2.75) is 20.4 Å². The molecule has 1 aliphatic rings. The van der Waals surface area contributed by atoms with Gasteiger partial charge in [-0.2, -0.15) is 0 Å². The van der Waals surface area contributed by atoms with E-state index in [0.29, 0.717) is 24.4 Å². The zero-order valence-corrected chi connectivity index (χ0v) is 11.3. The number of carbonyl (C=O) groups excluding carboxylic acids is 1. The predicted molar refractivity (Wildman–Crippen MR) is 72.8 cm³/mol. The molecule has 0 fully saturated rings. The lowest BCUT2D eigenvalue weighted by molar-refractivity contribution is 0.0690. The molecule has 0 unspecified atom stereocenters. The largest absolute Gasteiger partial charge is 0.477 e. The van der Waals surface area contributed by atoms with Gasteiger partial charge in [0.2, 0.25) is 0 Å². The smallest absolute Gasteiger partial charge is 0.354 e. The first-order valence-electron chi connectivity index (χ1n) is 6.39. The molecule has 6 heteroatoms. The summed E-state index contributed by atoms with van der Waals surface area (Å²) in [7, 11) is 0. The van der Waals surface area contributed by atoms with Crippen LogP contribution in [0.25, 0.3) is 11.0 Å². The summed E-state index contributed by atoms with van der Waals surface area (Å²) < 4.78 is 1.81. The first kappa shape index (κ1) is 12.7. The van der Waals surface area contributed by atoms with Gasteiger partial charge in [0.15, 0.2) is 5.69 Å². The number of amides is 1. The third kappa shape index (κ3) is 1.93. The Hall–Kier alpha value is -2.37. The fourth-order valence-electron chi connectivity index (χ4n) is 2.49. The van der Waals surface area contributed by atoms with Crippen LogP contribution in [0.4, 0.5) is 0 Å². The molecular weight excluding hydrogens is 258 g/mol. The summed E-state index contributed by atoms with van der Waals surface area (Å²) in [4.78, 5) is 27.3. The minimum Gasteiger partial charge on any atom is -0.477 e. The molecule has 0 atom stereocenters. The van der Waals surface area contributed by atoms with E-state index >= 15 is 0 Å². The average molecular weight is 273 g/mol. The number of carboxylic acids is 1. The van der Waals surface area contributed by atoms with Crippen molar-refractivity contribution in [3.8, 4) is 0 Å².